The van der Waals surface area contributed by atoms with E-state index in [-0.39, 0.29) is 5.41 Å². The van der Waals surface area contributed by atoms with Gasteiger partial charge in [0.15, 0.2) is 0 Å². The Morgan fingerprint density at radius 2 is 1.93 bits per heavy atom. The summed E-state index contributed by atoms with van der Waals surface area (Å²) in [4.78, 5) is 9.85. The smallest absolute Gasteiger partial charge is 0.116 e. The molecule has 2 nitrogen and oxygen atoms in total. The van der Waals surface area contributed by atoms with Crippen molar-refractivity contribution in [1.82, 2.24) is 9.97 Å². The van der Waals surface area contributed by atoms with Crippen LogP contribution in [-0.2, 0) is 5.41 Å². The van der Waals surface area contributed by atoms with E-state index in [4.69, 9.17) is 0 Å². The van der Waals surface area contributed by atoms with Gasteiger partial charge in [0.05, 0.1) is 15.9 Å². The molecule has 0 bridgehead atoms. The second-order valence-corrected chi connectivity index (χ2v) is 5.59. The van der Waals surface area contributed by atoms with Crippen molar-refractivity contribution in [3.8, 4) is 0 Å². The summed E-state index contributed by atoms with van der Waals surface area (Å²) in [7, 11) is 0. The van der Waals surface area contributed by atoms with E-state index in [2.05, 4.69) is 36.8 Å². The number of hydrogen-bond acceptors (Lipinski definition) is 3. The molecule has 2 aromatic heterocycles. The molecule has 0 aromatic carbocycles. The molecule has 2 aromatic rings. The number of fused-ring (bicyclic) bond motifs is 1. The van der Waals surface area contributed by atoms with Crippen LogP contribution in [0.1, 0.15) is 31.3 Å². The quantitative estimate of drug-likeness (QED) is 0.661. The molecular formula is C11H14N2S. The summed E-state index contributed by atoms with van der Waals surface area (Å²) in [6.07, 6.45) is 1.64. The molecule has 0 atom stereocenters. The van der Waals surface area contributed by atoms with Gasteiger partial charge in [-0.1, -0.05) is 20.8 Å². The van der Waals surface area contributed by atoms with Gasteiger partial charge in [0, 0.05) is 4.88 Å². The fraction of sp³-hybridized carbons (Fsp3) is 0.455. The maximum Gasteiger partial charge on any atom is 0.116 e. The normalized spacial score (nSPS) is 12.3. The average molecular weight is 206 g/mol. The highest BCUT2D eigenvalue weighted by Crippen LogP contribution is 2.33. The lowest BCUT2D eigenvalue weighted by atomic mass is 9.95. The van der Waals surface area contributed by atoms with E-state index < -0.39 is 0 Å². The highest BCUT2D eigenvalue weighted by atomic mass is 32.1. The molecule has 0 fully saturated rings. The van der Waals surface area contributed by atoms with Crippen LogP contribution >= 0.6 is 11.3 Å². The largest absolute Gasteiger partial charge is 0.240 e. The van der Waals surface area contributed by atoms with Crippen LogP contribution in [0.25, 0.3) is 10.2 Å². The van der Waals surface area contributed by atoms with Crippen LogP contribution in [0.3, 0.4) is 0 Å². The molecule has 0 aliphatic rings. The summed E-state index contributed by atoms with van der Waals surface area (Å²) >= 11 is 1.81. The fourth-order valence-corrected chi connectivity index (χ4v) is 2.46. The number of thiophene rings is 1. The highest BCUT2D eigenvalue weighted by Gasteiger charge is 2.17. The molecule has 2 rings (SSSR count). The first kappa shape index (κ1) is 9.59. The molecular weight excluding hydrogens is 192 g/mol. The van der Waals surface area contributed by atoms with Crippen molar-refractivity contribution in [2.75, 3.05) is 0 Å². The molecule has 0 N–H and O–H groups in total. The van der Waals surface area contributed by atoms with Gasteiger partial charge in [-0.05, 0) is 18.4 Å². The Morgan fingerprint density at radius 3 is 2.50 bits per heavy atom. The van der Waals surface area contributed by atoms with Crippen molar-refractivity contribution in [2.24, 2.45) is 0 Å². The molecule has 2 heterocycles. The molecule has 0 saturated heterocycles. The van der Waals surface area contributed by atoms with Gasteiger partial charge in [0.2, 0.25) is 0 Å². The number of aryl methyl sites for hydroxylation is 1. The lowest BCUT2D eigenvalue weighted by Crippen LogP contribution is -2.07. The van der Waals surface area contributed by atoms with Crippen molar-refractivity contribution >= 4 is 21.6 Å². The maximum atomic E-state index is 4.28. The Balaban J connectivity index is 2.69. The van der Waals surface area contributed by atoms with Crippen LogP contribution in [0.15, 0.2) is 12.4 Å². The first-order valence-electron chi connectivity index (χ1n) is 4.70. The van der Waals surface area contributed by atoms with Crippen LogP contribution in [0, 0.1) is 6.92 Å². The fourth-order valence-electron chi connectivity index (χ4n) is 1.34. The predicted octanol–water partition coefficient (Wildman–Crippen LogP) is 3.30. The van der Waals surface area contributed by atoms with E-state index in [9.17, 15) is 0 Å². The highest BCUT2D eigenvalue weighted by molar-refractivity contribution is 7.19. The van der Waals surface area contributed by atoms with Gasteiger partial charge in [-0.15, -0.1) is 11.3 Å². The van der Waals surface area contributed by atoms with E-state index in [1.54, 1.807) is 17.7 Å². The van der Waals surface area contributed by atoms with E-state index in [1.807, 2.05) is 6.92 Å². The van der Waals surface area contributed by atoms with Crippen molar-refractivity contribution in [3.63, 3.8) is 0 Å². The topological polar surface area (TPSA) is 25.8 Å². The third-order valence-electron chi connectivity index (χ3n) is 2.23. The van der Waals surface area contributed by atoms with Gasteiger partial charge >= 0.3 is 0 Å². The molecule has 14 heavy (non-hydrogen) atoms. The van der Waals surface area contributed by atoms with Crippen LogP contribution in [-0.4, -0.2) is 9.97 Å². The van der Waals surface area contributed by atoms with Gasteiger partial charge in [-0.3, -0.25) is 0 Å². The Morgan fingerprint density at radius 1 is 1.21 bits per heavy atom. The Labute approximate surface area is 88.0 Å². The summed E-state index contributed by atoms with van der Waals surface area (Å²) in [6.45, 7) is 8.70. The molecule has 0 aliphatic carbocycles. The summed E-state index contributed by atoms with van der Waals surface area (Å²) in [5, 5.41) is 0. The molecule has 0 radical (unpaired) electrons. The average Bonchev–Trinajstić information content (AvgIpc) is 2.48. The van der Waals surface area contributed by atoms with E-state index in [0.29, 0.717) is 0 Å². The van der Waals surface area contributed by atoms with Crippen molar-refractivity contribution in [2.45, 2.75) is 33.1 Å². The summed E-state index contributed by atoms with van der Waals surface area (Å²) in [5.41, 5.74) is 2.36. The van der Waals surface area contributed by atoms with Crippen molar-refractivity contribution < 1.29 is 0 Å². The molecule has 3 heteroatoms. The van der Waals surface area contributed by atoms with Gasteiger partial charge in [0.1, 0.15) is 6.33 Å². The zero-order valence-electron chi connectivity index (χ0n) is 8.96. The minimum absolute atomic E-state index is 0.206. The Bertz CT molecular complexity index is 466. The molecule has 0 saturated carbocycles. The Kier molecular flexibility index (Phi) is 2.07. The second kappa shape index (κ2) is 3.02. The first-order valence-corrected chi connectivity index (χ1v) is 5.52. The van der Waals surface area contributed by atoms with Crippen LogP contribution in [0.4, 0.5) is 0 Å². The van der Waals surface area contributed by atoms with Gasteiger partial charge in [0.25, 0.3) is 0 Å². The number of nitrogens with zero attached hydrogens (tertiary/aromatic N) is 2. The van der Waals surface area contributed by atoms with E-state index in [0.717, 1.165) is 11.2 Å². The number of hydrogen-bond donors (Lipinski definition) is 0. The van der Waals surface area contributed by atoms with Gasteiger partial charge in [-0.2, -0.15) is 0 Å². The van der Waals surface area contributed by atoms with Gasteiger partial charge in [-0.25, -0.2) is 9.97 Å². The predicted molar refractivity (Wildman–Crippen MR) is 60.9 cm³/mol. The summed E-state index contributed by atoms with van der Waals surface area (Å²) in [5.74, 6) is 0. The van der Waals surface area contributed by atoms with Crippen molar-refractivity contribution in [3.05, 3.63) is 23.0 Å². The third kappa shape index (κ3) is 1.52. The van der Waals surface area contributed by atoms with Crippen molar-refractivity contribution in [1.29, 1.82) is 0 Å². The number of rotatable bonds is 0. The zero-order chi connectivity index (χ0) is 10.3. The van der Waals surface area contributed by atoms with E-state index in [1.165, 1.54) is 9.58 Å². The summed E-state index contributed by atoms with van der Waals surface area (Å²) in [6, 6.07) is 2.18. The SMILES string of the molecule is Cc1ncnc2cc(C(C)(C)C)sc12. The third-order valence-corrected chi connectivity index (χ3v) is 3.89. The van der Waals surface area contributed by atoms with Crippen LogP contribution in [0.5, 0.6) is 0 Å². The first-order chi connectivity index (χ1) is 6.48. The molecule has 0 amide bonds. The van der Waals surface area contributed by atoms with E-state index >= 15 is 0 Å². The minimum Gasteiger partial charge on any atom is -0.240 e. The Hall–Kier alpha value is -0.960. The molecule has 0 unspecified atom stereocenters. The minimum atomic E-state index is 0.206. The molecule has 0 aliphatic heterocycles. The monoisotopic (exact) mass is 206 g/mol. The number of aromatic nitrogens is 2. The maximum absolute atomic E-state index is 4.28. The standard InChI is InChI=1S/C11H14N2S/c1-7-10-8(13-6-12-7)5-9(14-10)11(2,3)4/h5-6H,1-4H3. The lowest BCUT2D eigenvalue weighted by molar-refractivity contribution is 0.604. The molecule has 0 spiro atoms. The second-order valence-electron chi connectivity index (χ2n) is 4.53. The van der Waals surface area contributed by atoms with Gasteiger partial charge < -0.3 is 0 Å². The lowest BCUT2D eigenvalue weighted by Gasteiger charge is -2.14. The van der Waals surface area contributed by atoms with Crippen LogP contribution < -0.4 is 0 Å². The van der Waals surface area contributed by atoms with Crippen LogP contribution in [0.2, 0.25) is 0 Å². The molecule has 74 valence electrons. The summed E-state index contributed by atoms with van der Waals surface area (Å²) < 4.78 is 1.22. The zero-order valence-corrected chi connectivity index (χ0v) is 9.77.